The first-order valence-corrected chi connectivity index (χ1v) is 15.8. The molecule has 0 spiro atoms. The van der Waals surface area contributed by atoms with Gasteiger partial charge in [-0.1, -0.05) is 34.6 Å². The molecule has 0 radical (unpaired) electrons. The Hall–Kier alpha value is -2.89. The maximum Gasteiger partial charge on any atom is 0.410 e. The van der Waals surface area contributed by atoms with E-state index >= 15 is 0 Å². The summed E-state index contributed by atoms with van der Waals surface area (Å²) >= 11 is 1.79. The molecule has 3 heterocycles. The highest BCUT2D eigenvalue weighted by molar-refractivity contribution is 7.98. The number of hydrogen-bond acceptors (Lipinski definition) is 9. The molecule has 0 aromatic carbocycles. The second-order valence-corrected chi connectivity index (χ2v) is 14.2. The fourth-order valence-corrected chi connectivity index (χ4v) is 5.22. The van der Waals surface area contributed by atoms with Crippen molar-refractivity contribution in [3.05, 3.63) is 29.7 Å². The SMILES string of the molecule is CSCCCNc1nc(C(C)(C)C)ncc1C(=O)N(CC(C)C)[C@H]1C[C@@H](c2nnc[nH]2)CN(C(=O)OC(C)(C)C)C1. The van der Waals surface area contributed by atoms with Gasteiger partial charge in [0, 0.05) is 43.7 Å². The van der Waals surface area contributed by atoms with Crippen LogP contribution in [0.2, 0.25) is 0 Å². The molecule has 0 unspecified atom stereocenters. The second-order valence-electron chi connectivity index (χ2n) is 13.2. The standard InChI is InChI=1S/C29H48N8O3S/c1-19(2)15-37(25(38)22-14-31-26(28(3,4)5)34-24(22)30-11-10-12-41-9)21-13-20(23-32-18-33-35-23)16-36(17-21)27(39)40-29(6,7)8/h14,18-21H,10-13,15-17H2,1-9H3,(H,30,31,34)(H,32,33,35)/t20-,21+/m1/s1. The van der Waals surface area contributed by atoms with Crippen molar-refractivity contribution in [3.8, 4) is 0 Å². The molecule has 2 aromatic rings. The van der Waals surface area contributed by atoms with E-state index in [4.69, 9.17) is 9.72 Å². The number of H-pyrrole nitrogens is 1. The van der Waals surface area contributed by atoms with Gasteiger partial charge in [-0.2, -0.15) is 11.8 Å². The van der Waals surface area contributed by atoms with Crippen molar-refractivity contribution in [3.63, 3.8) is 0 Å². The average Bonchev–Trinajstić information content (AvgIpc) is 3.43. The topological polar surface area (TPSA) is 129 Å². The smallest absolute Gasteiger partial charge is 0.410 e. The Morgan fingerprint density at radius 1 is 1.22 bits per heavy atom. The van der Waals surface area contributed by atoms with Crippen LogP contribution in [0.4, 0.5) is 10.6 Å². The number of hydrogen-bond donors (Lipinski definition) is 2. The number of nitrogens with one attached hydrogen (secondary N) is 2. The predicted molar refractivity (Wildman–Crippen MR) is 163 cm³/mol. The lowest BCUT2D eigenvalue weighted by atomic mass is 9.91. The van der Waals surface area contributed by atoms with Gasteiger partial charge in [-0.05, 0) is 51.5 Å². The molecule has 1 aliphatic heterocycles. The van der Waals surface area contributed by atoms with Crippen molar-refractivity contribution in [2.75, 3.05) is 43.5 Å². The van der Waals surface area contributed by atoms with E-state index in [1.807, 2.05) is 25.7 Å². The zero-order valence-electron chi connectivity index (χ0n) is 26.2. The number of thioether (sulfide) groups is 1. The summed E-state index contributed by atoms with van der Waals surface area (Å²) in [6, 6.07) is -0.270. The molecular weight excluding hydrogens is 540 g/mol. The summed E-state index contributed by atoms with van der Waals surface area (Å²) < 4.78 is 5.73. The average molecular weight is 589 g/mol. The fourth-order valence-electron chi connectivity index (χ4n) is 4.79. The summed E-state index contributed by atoms with van der Waals surface area (Å²) in [6.45, 7) is 17.9. The molecule has 2 atom stereocenters. The molecule has 3 rings (SSSR count). The number of likely N-dealkylation sites (tertiary alicyclic amines) is 1. The van der Waals surface area contributed by atoms with Crippen LogP contribution in [-0.2, 0) is 10.2 Å². The van der Waals surface area contributed by atoms with Crippen molar-refractivity contribution in [1.29, 1.82) is 0 Å². The highest BCUT2D eigenvalue weighted by atomic mass is 32.2. The van der Waals surface area contributed by atoms with Gasteiger partial charge in [-0.15, -0.1) is 10.2 Å². The molecule has 11 nitrogen and oxygen atoms in total. The van der Waals surface area contributed by atoms with Crippen LogP contribution < -0.4 is 5.32 Å². The third-order valence-electron chi connectivity index (χ3n) is 6.67. The summed E-state index contributed by atoms with van der Waals surface area (Å²) in [5.41, 5.74) is -0.466. The number of amides is 2. The Bertz CT molecular complexity index is 1140. The molecule has 12 heteroatoms. The summed E-state index contributed by atoms with van der Waals surface area (Å²) in [6.07, 6.45) is 6.45. The van der Waals surface area contributed by atoms with Crippen molar-refractivity contribution in [1.82, 2.24) is 34.9 Å². The number of aromatic amines is 1. The minimum atomic E-state index is -0.637. The maximum atomic E-state index is 14.4. The van der Waals surface area contributed by atoms with E-state index < -0.39 is 11.7 Å². The van der Waals surface area contributed by atoms with Gasteiger partial charge in [0.2, 0.25) is 0 Å². The van der Waals surface area contributed by atoms with E-state index in [1.165, 1.54) is 6.33 Å². The Kier molecular flexibility index (Phi) is 11.0. The molecule has 1 aliphatic rings. The molecule has 0 aliphatic carbocycles. The van der Waals surface area contributed by atoms with Gasteiger partial charge in [0.1, 0.15) is 35.0 Å². The number of nitrogens with zero attached hydrogens (tertiary/aromatic N) is 6. The number of anilines is 1. The predicted octanol–water partition coefficient (Wildman–Crippen LogP) is 4.95. The summed E-state index contributed by atoms with van der Waals surface area (Å²) in [4.78, 5) is 43.7. The van der Waals surface area contributed by atoms with Crippen LogP contribution >= 0.6 is 11.8 Å². The Balaban J connectivity index is 1.99. The van der Waals surface area contributed by atoms with Crippen LogP contribution in [0.5, 0.6) is 0 Å². The third-order valence-corrected chi connectivity index (χ3v) is 7.37. The number of piperidine rings is 1. The van der Waals surface area contributed by atoms with E-state index in [2.05, 4.69) is 66.4 Å². The molecule has 1 fully saturated rings. The molecule has 2 N–H and O–H groups in total. The van der Waals surface area contributed by atoms with Gasteiger partial charge < -0.3 is 24.8 Å². The lowest BCUT2D eigenvalue weighted by Crippen LogP contribution is -2.55. The molecule has 2 amide bonds. The zero-order chi connectivity index (χ0) is 30.4. The number of carbonyl (C=O) groups is 2. The summed E-state index contributed by atoms with van der Waals surface area (Å²) in [7, 11) is 0. The van der Waals surface area contributed by atoms with E-state index in [0.29, 0.717) is 55.6 Å². The zero-order valence-corrected chi connectivity index (χ0v) is 27.0. The van der Waals surface area contributed by atoms with Crippen LogP contribution in [0.25, 0.3) is 0 Å². The normalized spacial score (nSPS) is 18.0. The number of carbonyl (C=O) groups excluding carboxylic acids is 2. The van der Waals surface area contributed by atoms with E-state index in [-0.39, 0.29) is 29.2 Å². The van der Waals surface area contributed by atoms with E-state index in [1.54, 1.807) is 22.9 Å². The van der Waals surface area contributed by atoms with E-state index in [0.717, 1.165) is 12.2 Å². The van der Waals surface area contributed by atoms with Gasteiger partial charge in [0.15, 0.2) is 0 Å². The van der Waals surface area contributed by atoms with Crippen molar-refractivity contribution in [2.24, 2.45) is 5.92 Å². The molecule has 2 aromatic heterocycles. The fraction of sp³-hybridized carbons (Fsp3) is 0.724. The van der Waals surface area contributed by atoms with Crippen molar-refractivity contribution >= 4 is 29.6 Å². The van der Waals surface area contributed by atoms with Gasteiger partial charge >= 0.3 is 6.09 Å². The van der Waals surface area contributed by atoms with Crippen LogP contribution in [0.15, 0.2) is 12.5 Å². The van der Waals surface area contributed by atoms with Gasteiger partial charge in [0.05, 0.1) is 6.04 Å². The monoisotopic (exact) mass is 588 g/mol. The molecule has 41 heavy (non-hydrogen) atoms. The van der Waals surface area contributed by atoms with Gasteiger partial charge in [-0.3, -0.25) is 4.79 Å². The van der Waals surface area contributed by atoms with E-state index in [9.17, 15) is 9.59 Å². The Labute approximate surface area is 249 Å². The number of ether oxygens (including phenoxy) is 1. The lowest BCUT2D eigenvalue weighted by Gasteiger charge is -2.43. The summed E-state index contributed by atoms with van der Waals surface area (Å²) in [5, 5.41) is 11.6. The van der Waals surface area contributed by atoms with Gasteiger partial charge in [-0.25, -0.2) is 14.8 Å². The van der Waals surface area contributed by atoms with Crippen LogP contribution in [-0.4, -0.2) is 96.8 Å². The molecule has 0 saturated carbocycles. The quantitative estimate of drug-likeness (QED) is 0.370. The van der Waals surface area contributed by atoms with Crippen molar-refractivity contribution < 1.29 is 14.3 Å². The minimum Gasteiger partial charge on any atom is -0.444 e. The highest BCUT2D eigenvalue weighted by Crippen LogP contribution is 2.31. The molecule has 1 saturated heterocycles. The first-order chi connectivity index (χ1) is 19.2. The molecule has 0 bridgehead atoms. The molecule has 228 valence electrons. The van der Waals surface area contributed by atoms with Crippen LogP contribution in [0, 0.1) is 5.92 Å². The summed E-state index contributed by atoms with van der Waals surface area (Å²) in [5.74, 6) is 2.85. The largest absolute Gasteiger partial charge is 0.444 e. The Morgan fingerprint density at radius 3 is 2.54 bits per heavy atom. The van der Waals surface area contributed by atoms with Crippen LogP contribution in [0.1, 0.15) is 96.2 Å². The number of aromatic nitrogens is 5. The maximum absolute atomic E-state index is 14.4. The number of rotatable bonds is 10. The lowest BCUT2D eigenvalue weighted by molar-refractivity contribution is 0.00607. The van der Waals surface area contributed by atoms with Crippen LogP contribution in [0.3, 0.4) is 0 Å². The first-order valence-electron chi connectivity index (χ1n) is 14.4. The highest BCUT2D eigenvalue weighted by Gasteiger charge is 2.39. The second kappa shape index (κ2) is 13.8. The minimum absolute atomic E-state index is 0.130. The molecular formula is C29H48N8O3S. The van der Waals surface area contributed by atoms with Gasteiger partial charge in [0.25, 0.3) is 5.91 Å². The Morgan fingerprint density at radius 2 is 1.95 bits per heavy atom. The van der Waals surface area contributed by atoms with Crippen molar-refractivity contribution in [2.45, 2.75) is 91.2 Å². The first kappa shape index (κ1) is 32.6. The third kappa shape index (κ3) is 9.31.